The molecule has 0 aromatic heterocycles. The first-order valence-electron chi connectivity index (χ1n) is 4.85. The summed E-state index contributed by atoms with van der Waals surface area (Å²) in [4.78, 5) is 0. The van der Waals surface area contributed by atoms with Crippen molar-refractivity contribution < 1.29 is 8.42 Å². The molecule has 0 aromatic carbocycles. The fourth-order valence-electron chi connectivity index (χ4n) is 2.09. The summed E-state index contributed by atoms with van der Waals surface area (Å²) in [6, 6.07) is 0. The molecule has 82 valence electrons. The van der Waals surface area contributed by atoms with E-state index in [0.717, 1.165) is 19.5 Å². The topological polar surface area (TPSA) is 52.7 Å². The van der Waals surface area contributed by atoms with Crippen LogP contribution in [0.2, 0.25) is 0 Å². The lowest BCUT2D eigenvalue weighted by atomic mass is 9.81. The van der Waals surface area contributed by atoms with Crippen molar-refractivity contribution in [3.05, 3.63) is 0 Å². The zero-order valence-electron chi connectivity index (χ0n) is 8.65. The minimum atomic E-state index is -3.18. The van der Waals surface area contributed by atoms with Gasteiger partial charge in [-0.25, -0.2) is 0 Å². The van der Waals surface area contributed by atoms with Crippen molar-refractivity contribution in [2.75, 3.05) is 40.3 Å². The minimum Gasteiger partial charge on any atom is -0.315 e. The Morgan fingerprint density at radius 1 is 1.36 bits per heavy atom. The normalized spacial score (nSPS) is 27.1. The molecule has 2 fully saturated rings. The van der Waals surface area contributed by atoms with Crippen LogP contribution in [0, 0.1) is 5.41 Å². The van der Waals surface area contributed by atoms with E-state index in [1.54, 1.807) is 18.4 Å². The quantitative estimate of drug-likeness (QED) is 0.654. The summed E-state index contributed by atoms with van der Waals surface area (Å²) in [6.45, 7) is 3.28. The molecule has 1 N–H and O–H groups in total. The summed E-state index contributed by atoms with van der Waals surface area (Å²) in [5.74, 6) is 0. The molecule has 0 saturated carbocycles. The van der Waals surface area contributed by atoms with Crippen molar-refractivity contribution >= 4 is 10.2 Å². The van der Waals surface area contributed by atoms with Crippen molar-refractivity contribution in [2.24, 2.45) is 5.41 Å². The number of rotatable bonds is 2. The van der Waals surface area contributed by atoms with Crippen LogP contribution >= 0.6 is 0 Å². The first-order chi connectivity index (χ1) is 6.46. The van der Waals surface area contributed by atoms with Gasteiger partial charge in [0.2, 0.25) is 0 Å². The zero-order chi connectivity index (χ0) is 10.4. The Morgan fingerprint density at radius 3 is 2.36 bits per heavy atom. The van der Waals surface area contributed by atoms with Gasteiger partial charge in [-0.1, -0.05) is 0 Å². The summed E-state index contributed by atoms with van der Waals surface area (Å²) in [6.07, 6.45) is 0.993. The molecular formula is C8H17N3O2S. The molecule has 2 aliphatic heterocycles. The summed E-state index contributed by atoms with van der Waals surface area (Å²) in [5, 5.41) is 3.21. The van der Waals surface area contributed by atoms with E-state index >= 15 is 0 Å². The van der Waals surface area contributed by atoms with Gasteiger partial charge in [-0.3, -0.25) is 0 Å². The van der Waals surface area contributed by atoms with E-state index < -0.39 is 10.2 Å². The van der Waals surface area contributed by atoms with Crippen LogP contribution in [0.25, 0.3) is 0 Å². The van der Waals surface area contributed by atoms with E-state index in [9.17, 15) is 8.42 Å². The number of hydrogen-bond donors (Lipinski definition) is 1. The lowest BCUT2D eigenvalue weighted by Crippen LogP contribution is -2.55. The average Bonchev–Trinajstić information content (AvgIpc) is 2.47. The Bertz CT molecular complexity index is 321. The van der Waals surface area contributed by atoms with E-state index in [-0.39, 0.29) is 5.41 Å². The molecule has 5 nitrogen and oxygen atoms in total. The van der Waals surface area contributed by atoms with Crippen LogP contribution < -0.4 is 5.32 Å². The lowest BCUT2D eigenvalue weighted by Gasteiger charge is -2.39. The third-order valence-corrected chi connectivity index (χ3v) is 5.08. The van der Waals surface area contributed by atoms with Crippen LogP contribution in [0.1, 0.15) is 6.42 Å². The molecule has 14 heavy (non-hydrogen) atoms. The molecule has 0 radical (unpaired) electrons. The Hall–Kier alpha value is -0.170. The maximum Gasteiger partial charge on any atom is 0.281 e. The molecule has 2 rings (SSSR count). The molecule has 2 heterocycles. The second kappa shape index (κ2) is 3.16. The highest BCUT2D eigenvalue weighted by Gasteiger charge is 2.46. The summed E-state index contributed by atoms with van der Waals surface area (Å²) in [5.41, 5.74) is 0.239. The lowest BCUT2D eigenvalue weighted by molar-refractivity contribution is 0.185. The molecule has 2 saturated heterocycles. The van der Waals surface area contributed by atoms with Crippen LogP contribution in [-0.4, -0.2) is 57.3 Å². The predicted molar refractivity (Wildman–Crippen MR) is 54.1 cm³/mol. The van der Waals surface area contributed by atoms with Gasteiger partial charge in [-0.05, 0) is 6.42 Å². The summed E-state index contributed by atoms with van der Waals surface area (Å²) < 4.78 is 26.5. The van der Waals surface area contributed by atoms with Crippen LogP contribution in [0.5, 0.6) is 0 Å². The van der Waals surface area contributed by atoms with Crippen molar-refractivity contribution in [2.45, 2.75) is 6.42 Å². The smallest absolute Gasteiger partial charge is 0.281 e. The second-order valence-corrected chi connectivity index (χ2v) is 6.62. The molecule has 0 aromatic rings. The summed E-state index contributed by atoms with van der Waals surface area (Å²) in [7, 11) is -0.0196. The number of nitrogens with one attached hydrogen (secondary N) is 1. The molecule has 6 heteroatoms. The van der Waals surface area contributed by atoms with Crippen molar-refractivity contribution in [3.63, 3.8) is 0 Å². The molecule has 0 amide bonds. The fourth-order valence-corrected chi connectivity index (χ4v) is 3.31. The zero-order valence-corrected chi connectivity index (χ0v) is 9.47. The van der Waals surface area contributed by atoms with Crippen LogP contribution in [0.3, 0.4) is 0 Å². The highest BCUT2D eigenvalue weighted by atomic mass is 32.2. The number of nitrogens with zero attached hydrogens (tertiary/aromatic N) is 2. The Balaban J connectivity index is 2.09. The monoisotopic (exact) mass is 219 g/mol. The van der Waals surface area contributed by atoms with Gasteiger partial charge < -0.3 is 5.32 Å². The van der Waals surface area contributed by atoms with E-state index in [2.05, 4.69) is 5.32 Å². The maximum atomic E-state index is 11.8. The van der Waals surface area contributed by atoms with E-state index in [0.29, 0.717) is 13.1 Å². The molecule has 0 bridgehead atoms. The van der Waals surface area contributed by atoms with Gasteiger partial charge in [0.15, 0.2) is 0 Å². The molecule has 0 unspecified atom stereocenters. The van der Waals surface area contributed by atoms with Crippen molar-refractivity contribution in [1.29, 1.82) is 0 Å². The van der Waals surface area contributed by atoms with Crippen LogP contribution in [0.4, 0.5) is 0 Å². The Labute approximate surface area is 85.2 Å². The van der Waals surface area contributed by atoms with Gasteiger partial charge in [-0.15, -0.1) is 0 Å². The van der Waals surface area contributed by atoms with Crippen molar-refractivity contribution in [1.82, 2.24) is 13.9 Å². The van der Waals surface area contributed by atoms with Gasteiger partial charge in [0, 0.05) is 45.7 Å². The number of hydrogen-bond acceptors (Lipinski definition) is 3. The van der Waals surface area contributed by atoms with Gasteiger partial charge in [0.25, 0.3) is 10.2 Å². The second-order valence-electron chi connectivity index (χ2n) is 4.48. The first-order valence-corrected chi connectivity index (χ1v) is 6.24. The Kier molecular flexibility index (Phi) is 2.34. The van der Waals surface area contributed by atoms with E-state index in [4.69, 9.17) is 0 Å². The molecule has 0 atom stereocenters. The van der Waals surface area contributed by atoms with Crippen molar-refractivity contribution in [3.8, 4) is 0 Å². The highest BCUT2D eigenvalue weighted by Crippen LogP contribution is 2.35. The maximum absolute atomic E-state index is 11.8. The standard InChI is InChI=1S/C8H17N3O2S/c1-10(2)14(12,13)11-4-3-8(7-11)5-9-6-8/h9H,3-7H2,1-2H3. The molecule has 0 aliphatic carbocycles. The fraction of sp³-hybridized carbons (Fsp3) is 1.00. The third-order valence-electron chi connectivity index (χ3n) is 3.19. The first kappa shape index (κ1) is 10.4. The van der Waals surface area contributed by atoms with Crippen LogP contribution in [-0.2, 0) is 10.2 Å². The average molecular weight is 219 g/mol. The third kappa shape index (κ3) is 1.46. The van der Waals surface area contributed by atoms with Gasteiger partial charge in [0.1, 0.15) is 0 Å². The van der Waals surface area contributed by atoms with E-state index in [1.807, 2.05) is 0 Å². The Morgan fingerprint density at radius 2 is 2.00 bits per heavy atom. The SMILES string of the molecule is CN(C)S(=O)(=O)N1CCC2(CNC2)C1. The van der Waals surface area contributed by atoms with E-state index in [1.165, 1.54) is 4.31 Å². The van der Waals surface area contributed by atoms with Gasteiger partial charge >= 0.3 is 0 Å². The van der Waals surface area contributed by atoms with Gasteiger partial charge in [0.05, 0.1) is 0 Å². The largest absolute Gasteiger partial charge is 0.315 e. The van der Waals surface area contributed by atoms with Crippen LogP contribution in [0.15, 0.2) is 0 Å². The van der Waals surface area contributed by atoms with Gasteiger partial charge in [-0.2, -0.15) is 17.0 Å². The minimum absolute atomic E-state index is 0.239. The summed E-state index contributed by atoms with van der Waals surface area (Å²) >= 11 is 0. The highest BCUT2D eigenvalue weighted by molar-refractivity contribution is 7.86. The predicted octanol–water partition coefficient (Wildman–Crippen LogP) is -0.912. The molecule has 1 spiro atoms. The molecule has 2 aliphatic rings. The molecular weight excluding hydrogens is 202 g/mol.